The zero-order chi connectivity index (χ0) is 20.7. The van der Waals surface area contributed by atoms with E-state index in [1.165, 1.54) is 0 Å². The normalized spacial score (nSPS) is 12.6. The number of azo groups is 1. The Bertz CT molecular complexity index is 837. The third kappa shape index (κ3) is 7.19. The first kappa shape index (κ1) is 21.1. The fraction of sp³-hybridized carbons (Fsp3) is 0.333. The maximum absolute atomic E-state index is 11.8. The number of hydrogen-bond acceptors (Lipinski definition) is 5. The minimum absolute atomic E-state index is 0.129. The van der Waals surface area contributed by atoms with Crippen LogP contribution in [-0.2, 0) is 16.0 Å². The zero-order valence-electron chi connectivity index (χ0n) is 16.5. The first-order chi connectivity index (χ1) is 13.1. The minimum Gasteiger partial charge on any atom is -0.480 e. The van der Waals surface area contributed by atoms with E-state index in [1.54, 1.807) is 45.0 Å². The van der Waals surface area contributed by atoms with Gasteiger partial charge < -0.3 is 15.2 Å². The smallest absolute Gasteiger partial charge is 0.408 e. The van der Waals surface area contributed by atoms with E-state index >= 15 is 0 Å². The summed E-state index contributed by atoms with van der Waals surface area (Å²) in [6, 6.07) is 13.6. The summed E-state index contributed by atoms with van der Waals surface area (Å²) in [7, 11) is 0. The molecule has 2 rings (SSSR count). The van der Waals surface area contributed by atoms with Crippen LogP contribution in [0.15, 0.2) is 58.8 Å². The summed E-state index contributed by atoms with van der Waals surface area (Å²) >= 11 is 0. The summed E-state index contributed by atoms with van der Waals surface area (Å²) in [5, 5.41) is 20.1. The Morgan fingerprint density at radius 2 is 1.50 bits per heavy atom. The largest absolute Gasteiger partial charge is 0.480 e. The molecule has 1 atom stereocenters. The quantitative estimate of drug-likeness (QED) is 0.691. The SMILES string of the molecule is Cc1ccc(N=Nc2ccc(C[C@H](NC(=O)OC(C)(C)C)C(=O)O)cc2)cc1. The lowest BCUT2D eigenvalue weighted by atomic mass is 10.1. The molecule has 0 saturated carbocycles. The van der Waals surface area contributed by atoms with Gasteiger partial charge in [0.15, 0.2) is 0 Å². The van der Waals surface area contributed by atoms with Crippen LogP contribution in [0.3, 0.4) is 0 Å². The lowest BCUT2D eigenvalue weighted by molar-refractivity contribution is -0.139. The standard InChI is InChI=1S/C21H25N3O4/c1-14-5-9-16(10-6-14)23-24-17-11-7-15(8-12-17)13-18(19(25)26)22-20(27)28-21(2,3)4/h5-12,18H,13H2,1-4H3,(H,22,27)(H,25,26)/t18-/m0/s1. The van der Waals surface area contributed by atoms with Crippen LogP contribution in [0.4, 0.5) is 16.2 Å². The van der Waals surface area contributed by atoms with Gasteiger partial charge in [0.2, 0.25) is 0 Å². The van der Waals surface area contributed by atoms with Crippen LogP contribution in [0, 0.1) is 6.92 Å². The summed E-state index contributed by atoms with van der Waals surface area (Å²) in [6.45, 7) is 7.15. The average Bonchev–Trinajstić information content (AvgIpc) is 2.60. The summed E-state index contributed by atoms with van der Waals surface area (Å²) in [5.41, 5.74) is 2.60. The molecule has 0 radical (unpaired) electrons. The van der Waals surface area contributed by atoms with Gasteiger partial charge in [-0.3, -0.25) is 0 Å². The molecule has 0 aliphatic heterocycles. The van der Waals surface area contributed by atoms with Crippen LogP contribution in [0.25, 0.3) is 0 Å². The van der Waals surface area contributed by atoms with Gasteiger partial charge in [-0.15, -0.1) is 0 Å². The van der Waals surface area contributed by atoms with E-state index in [2.05, 4.69) is 15.5 Å². The Morgan fingerprint density at radius 1 is 1.00 bits per heavy atom. The van der Waals surface area contributed by atoms with Gasteiger partial charge in [-0.25, -0.2) is 9.59 Å². The molecular formula is C21H25N3O4. The molecule has 0 aliphatic rings. The number of benzene rings is 2. The van der Waals surface area contributed by atoms with Crippen LogP contribution >= 0.6 is 0 Å². The summed E-state index contributed by atoms with van der Waals surface area (Å²) in [5.74, 6) is -1.13. The summed E-state index contributed by atoms with van der Waals surface area (Å²) in [6.07, 6.45) is -0.632. The second-order valence-electron chi connectivity index (χ2n) is 7.44. The molecule has 2 N–H and O–H groups in total. The Hall–Kier alpha value is -3.22. The number of hydrogen-bond donors (Lipinski definition) is 2. The fourth-order valence-corrected chi connectivity index (χ4v) is 2.31. The molecule has 0 unspecified atom stereocenters. The van der Waals surface area contributed by atoms with Crippen molar-refractivity contribution in [3.8, 4) is 0 Å². The minimum atomic E-state index is -1.13. The maximum atomic E-state index is 11.8. The molecule has 2 aromatic carbocycles. The van der Waals surface area contributed by atoms with Gasteiger partial charge >= 0.3 is 12.1 Å². The number of rotatable bonds is 6. The van der Waals surface area contributed by atoms with Gasteiger partial charge in [0.25, 0.3) is 0 Å². The molecule has 0 bridgehead atoms. The van der Waals surface area contributed by atoms with Gasteiger partial charge in [0.05, 0.1) is 11.4 Å². The molecule has 0 saturated heterocycles. The summed E-state index contributed by atoms with van der Waals surface area (Å²) in [4.78, 5) is 23.3. The van der Waals surface area contributed by atoms with Crippen LogP contribution < -0.4 is 5.32 Å². The molecule has 0 aliphatic carbocycles. The van der Waals surface area contributed by atoms with Gasteiger partial charge in [-0.1, -0.05) is 29.8 Å². The number of aliphatic carboxylic acids is 1. The van der Waals surface area contributed by atoms with Gasteiger partial charge in [0, 0.05) is 6.42 Å². The first-order valence-corrected chi connectivity index (χ1v) is 8.92. The number of carboxylic acid groups (broad SMARTS) is 1. The monoisotopic (exact) mass is 383 g/mol. The third-order valence-corrected chi connectivity index (χ3v) is 3.68. The number of nitrogens with zero attached hydrogens (tertiary/aromatic N) is 2. The Morgan fingerprint density at radius 3 is 1.96 bits per heavy atom. The van der Waals surface area contributed by atoms with Crippen molar-refractivity contribution in [3.63, 3.8) is 0 Å². The van der Waals surface area contributed by atoms with Crippen LogP contribution in [0.2, 0.25) is 0 Å². The Labute approximate surface area is 164 Å². The molecule has 148 valence electrons. The van der Waals surface area contributed by atoms with Crippen molar-refractivity contribution in [1.82, 2.24) is 5.32 Å². The topological polar surface area (TPSA) is 100 Å². The predicted molar refractivity (Wildman–Crippen MR) is 106 cm³/mol. The molecule has 2 aromatic rings. The zero-order valence-corrected chi connectivity index (χ0v) is 16.5. The molecule has 0 spiro atoms. The second-order valence-corrected chi connectivity index (χ2v) is 7.44. The van der Waals surface area contributed by atoms with Crippen molar-refractivity contribution in [2.24, 2.45) is 10.2 Å². The number of aryl methyl sites for hydroxylation is 1. The molecule has 0 heterocycles. The van der Waals surface area contributed by atoms with Crippen molar-refractivity contribution >= 4 is 23.4 Å². The Balaban J connectivity index is 1.99. The van der Waals surface area contributed by atoms with E-state index in [-0.39, 0.29) is 6.42 Å². The number of alkyl carbamates (subject to hydrolysis) is 1. The third-order valence-electron chi connectivity index (χ3n) is 3.68. The second kappa shape index (κ2) is 9.12. The molecule has 7 heteroatoms. The van der Waals surface area contributed by atoms with Crippen LogP contribution in [0.1, 0.15) is 31.9 Å². The fourth-order valence-electron chi connectivity index (χ4n) is 2.31. The molecule has 0 aromatic heterocycles. The molecule has 0 fully saturated rings. The van der Waals surface area contributed by atoms with Crippen LogP contribution in [-0.4, -0.2) is 28.8 Å². The number of amides is 1. The van der Waals surface area contributed by atoms with Gasteiger partial charge in [-0.05, 0) is 57.5 Å². The highest BCUT2D eigenvalue weighted by Crippen LogP contribution is 2.19. The van der Waals surface area contributed by atoms with Crippen molar-refractivity contribution in [3.05, 3.63) is 59.7 Å². The van der Waals surface area contributed by atoms with E-state index < -0.39 is 23.7 Å². The number of ether oxygens (including phenoxy) is 1. The maximum Gasteiger partial charge on any atom is 0.408 e. The molecular weight excluding hydrogens is 358 g/mol. The molecule has 1 amide bonds. The number of nitrogens with one attached hydrogen (secondary N) is 1. The number of carboxylic acids is 1. The average molecular weight is 383 g/mol. The van der Waals surface area contributed by atoms with Gasteiger partial charge in [0.1, 0.15) is 11.6 Å². The highest BCUT2D eigenvalue weighted by molar-refractivity contribution is 5.80. The highest BCUT2D eigenvalue weighted by atomic mass is 16.6. The Kier molecular flexibility index (Phi) is 6.87. The van der Waals surface area contributed by atoms with E-state index in [4.69, 9.17) is 4.74 Å². The number of carbonyl (C=O) groups is 2. The van der Waals surface area contributed by atoms with Crippen molar-refractivity contribution in [2.45, 2.75) is 45.8 Å². The van der Waals surface area contributed by atoms with Crippen molar-refractivity contribution in [2.75, 3.05) is 0 Å². The lowest BCUT2D eigenvalue weighted by Crippen LogP contribution is -2.44. The first-order valence-electron chi connectivity index (χ1n) is 8.92. The van der Waals surface area contributed by atoms with Crippen molar-refractivity contribution < 1.29 is 19.4 Å². The predicted octanol–water partition coefficient (Wildman–Crippen LogP) is 4.93. The lowest BCUT2D eigenvalue weighted by Gasteiger charge is -2.22. The van der Waals surface area contributed by atoms with Gasteiger partial charge in [-0.2, -0.15) is 10.2 Å². The highest BCUT2D eigenvalue weighted by Gasteiger charge is 2.24. The number of carbonyl (C=O) groups excluding carboxylic acids is 1. The van der Waals surface area contributed by atoms with E-state index in [0.29, 0.717) is 5.69 Å². The van der Waals surface area contributed by atoms with Crippen LogP contribution in [0.5, 0.6) is 0 Å². The van der Waals surface area contributed by atoms with Crippen molar-refractivity contribution in [1.29, 1.82) is 0 Å². The summed E-state index contributed by atoms with van der Waals surface area (Å²) < 4.78 is 5.12. The van der Waals surface area contributed by atoms with E-state index in [1.807, 2.05) is 31.2 Å². The van der Waals surface area contributed by atoms with E-state index in [0.717, 1.165) is 16.8 Å². The molecule has 28 heavy (non-hydrogen) atoms. The van der Waals surface area contributed by atoms with E-state index in [9.17, 15) is 14.7 Å². The molecule has 7 nitrogen and oxygen atoms in total.